The Morgan fingerprint density at radius 2 is 2.08 bits per heavy atom. The van der Waals surface area contributed by atoms with E-state index in [4.69, 9.17) is 35.4 Å². The summed E-state index contributed by atoms with van der Waals surface area (Å²) in [6.45, 7) is 7.96. The lowest BCUT2D eigenvalue weighted by Crippen LogP contribution is -2.71. The second kappa shape index (κ2) is 9.75. The molecule has 4 aliphatic carbocycles. The number of aliphatic hydroxyl groups is 1. The molecule has 216 valence electrons. The molecule has 0 aromatic heterocycles. The minimum absolute atomic E-state index is 0.0492. The Kier molecular flexibility index (Phi) is 7.02. The lowest BCUT2D eigenvalue weighted by Gasteiger charge is -2.64. The van der Waals surface area contributed by atoms with E-state index in [1.165, 1.54) is 0 Å². The normalized spacial score (nSPS) is 49.2. The Bertz CT molecular complexity index is 1110. The topological polar surface area (TPSA) is 108 Å². The van der Waals surface area contributed by atoms with Crippen molar-refractivity contribution in [1.82, 2.24) is 5.32 Å². The molecular formula is C28H40ClN2O7P. The maximum Gasteiger partial charge on any atom is 0.227 e. The molecule has 6 aliphatic rings. The van der Waals surface area contributed by atoms with Crippen LogP contribution in [0.3, 0.4) is 0 Å². The lowest BCUT2D eigenvalue weighted by molar-refractivity contribution is -0.264. The molecule has 1 amide bonds. The van der Waals surface area contributed by atoms with Gasteiger partial charge in [-0.05, 0) is 55.6 Å². The fraction of sp³-hybridized carbons (Fsp3) is 0.786. The van der Waals surface area contributed by atoms with Crippen molar-refractivity contribution in [2.24, 2.45) is 33.7 Å². The second-order valence-corrected chi connectivity index (χ2v) is 13.4. The number of carbonyl (C=O) groups is 1. The number of hydrogen-bond acceptors (Lipinski definition) is 8. The quantitative estimate of drug-likeness (QED) is 0.222. The van der Waals surface area contributed by atoms with Crippen LogP contribution in [0.25, 0.3) is 0 Å². The van der Waals surface area contributed by atoms with E-state index < -0.39 is 33.2 Å². The number of hydrogen-bond donors (Lipinski definition) is 2. The highest BCUT2D eigenvalue weighted by molar-refractivity contribution is 7.18. The van der Waals surface area contributed by atoms with Crippen molar-refractivity contribution in [3.05, 3.63) is 23.8 Å². The molecule has 39 heavy (non-hydrogen) atoms. The number of rotatable bonds is 5. The number of nitrogens with zero attached hydrogens (tertiary/aromatic N) is 1. The Hall–Kier alpha value is -1.06. The summed E-state index contributed by atoms with van der Waals surface area (Å²) in [5.74, 6) is -0.573. The van der Waals surface area contributed by atoms with E-state index in [0.29, 0.717) is 31.4 Å². The van der Waals surface area contributed by atoms with Crippen LogP contribution in [0.2, 0.25) is 0 Å². The molecule has 2 N–H and O–H groups in total. The molecule has 0 radical (unpaired) electrons. The van der Waals surface area contributed by atoms with Gasteiger partial charge in [0, 0.05) is 17.0 Å². The number of carbonyl (C=O) groups excluding carboxylic acids is 1. The molecule has 2 heterocycles. The van der Waals surface area contributed by atoms with Gasteiger partial charge < -0.3 is 34.2 Å². The van der Waals surface area contributed by atoms with Gasteiger partial charge in [-0.2, -0.15) is 0 Å². The monoisotopic (exact) mass is 582 g/mol. The summed E-state index contributed by atoms with van der Waals surface area (Å²) in [5, 5.41) is 19.0. The first-order valence-corrected chi connectivity index (χ1v) is 15.2. The lowest BCUT2D eigenvalue weighted by atomic mass is 9.45. The number of halogens is 1. The standard InChI is InChI=1S/C28H40ClN2O7P/c1-17-10-21-20-5-4-18-11-19(31-38-9-8-30-23(33)13-39)6-7-24(18,2)27(20,29)22(32)12-25(21,3)28(17)26(36-16-37-28)14-34-15-35-26/h6-7,11,17,20-22,32H,4-5,8-10,12-16,39H2,1-3H3,(H,30,33)/b31-19+/t17-,20-,21-,22-,24-,25-,26?,27-,28+/m0/s1. The van der Waals surface area contributed by atoms with Crippen molar-refractivity contribution in [2.45, 2.75) is 68.8 Å². The molecule has 2 aliphatic heterocycles. The minimum atomic E-state index is -0.958. The van der Waals surface area contributed by atoms with Gasteiger partial charge in [0.05, 0.1) is 17.5 Å². The van der Waals surface area contributed by atoms with Crippen LogP contribution >= 0.6 is 20.8 Å². The molecular weight excluding hydrogens is 543 g/mol. The van der Waals surface area contributed by atoms with Crippen LogP contribution in [0.15, 0.2) is 29.0 Å². The molecule has 0 aromatic carbocycles. The summed E-state index contributed by atoms with van der Waals surface area (Å²) < 4.78 is 24.5. The van der Waals surface area contributed by atoms with Crippen molar-refractivity contribution in [1.29, 1.82) is 0 Å². The van der Waals surface area contributed by atoms with E-state index in [2.05, 4.69) is 46.6 Å². The third-order valence-corrected chi connectivity index (χ3v) is 12.2. The van der Waals surface area contributed by atoms with Gasteiger partial charge in [-0.1, -0.05) is 37.6 Å². The summed E-state index contributed by atoms with van der Waals surface area (Å²) in [6, 6.07) is 0. The Morgan fingerprint density at radius 1 is 1.28 bits per heavy atom. The van der Waals surface area contributed by atoms with Gasteiger partial charge in [-0.25, -0.2) is 0 Å². The third-order valence-electron chi connectivity index (χ3n) is 10.9. The van der Waals surface area contributed by atoms with Gasteiger partial charge in [-0.15, -0.1) is 20.8 Å². The summed E-state index contributed by atoms with van der Waals surface area (Å²) in [5.41, 5.74) is 0.204. The number of aliphatic hydroxyl groups excluding tert-OH is 1. The highest BCUT2D eigenvalue weighted by atomic mass is 35.5. The first-order chi connectivity index (χ1) is 18.6. The molecule has 5 fully saturated rings. The Labute approximate surface area is 237 Å². The highest BCUT2D eigenvalue weighted by Gasteiger charge is 2.81. The molecule has 6 rings (SSSR count). The van der Waals surface area contributed by atoms with Crippen LogP contribution in [0.5, 0.6) is 0 Å². The minimum Gasteiger partial charge on any atom is -0.393 e. The summed E-state index contributed by atoms with van der Waals surface area (Å²) in [7, 11) is 2.39. The second-order valence-electron chi connectivity index (χ2n) is 12.4. The molecule has 9 nitrogen and oxygen atoms in total. The Balaban J connectivity index is 1.27. The van der Waals surface area contributed by atoms with Crippen LogP contribution in [-0.4, -0.2) is 78.6 Å². The molecule has 3 saturated carbocycles. The zero-order chi connectivity index (χ0) is 27.7. The van der Waals surface area contributed by atoms with Crippen LogP contribution in [0.1, 0.15) is 46.5 Å². The van der Waals surface area contributed by atoms with Crippen LogP contribution in [0.4, 0.5) is 0 Å². The predicted molar refractivity (Wildman–Crippen MR) is 148 cm³/mol. The zero-order valence-electron chi connectivity index (χ0n) is 22.9. The van der Waals surface area contributed by atoms with Crippen molar-refractivity contribution in [3.8, 4) is 0 Å². The average molecular weight is 583 g/mol. The van der Waals surface area contributed by atoms with E-state index in [1.807, 2.05) is 12.2 Å². The van der Waals surface area contributed by atoms with Crippen molar-refractivity contribution in [2.75, 3.05) is 39.5 Å². The fourth-order valence-corrected chi connectivity index (χ4v) is 9.90. The van der Waals surface area contributed by atoms with Gasteiger partial charge in [0.25, 0.3) is 0 Å². The summed E-state index contributed by atoms with van der Waals surface area (Å²) in [4.78, 5) is 16.0. The number of oxime groups is 1. The molecule has 2 spiro atoms. The number of amides is 1. The first kappa shape index (κ1) is 28.1. The van der Waals surface area contributed by atoms with Crippen LogP contribution in [0, 0.1) is 28.6 Å². The molecule has 11 heteroatoms. The van der Waals surface area contributed by atoms with Gasteiger partial charge in [0.2, 0.25) is 11.7 Å². The largest absolute Gasteiger partial charge is 0.393 e. The maximum absolute atomic E-state index is 12.0. The van der Waals surface area contributed by atoms with Gasteiger partial charge >= 0.3 is 0 Å². The third kappa shape index (κ3) is 3.66. The van der Waals surface area contributed by atoms with E-state index >= 15 is 0 Å². The van der Waals surface area contributed by atoms with Crippen molar-refractivity contribution >= 4 is 32.5 Å². The predicted octanol–water partition coefficient (Wildman–Crippen LogP) is 3.11. The number of alkyl halides is 1. The van der Waals surface area contributed by atoms with E-state index in [-0.39, 0.29) is 43.9 Å². The first-order valence-electron chi connectivity index (χ1n) is 14.0. The molecule has 10 atom stereocenters. The summed E-state index contributed by atoms with van der Waals surface area (Å²) >= 11 is 7.72. The van der Waals surface area contributed by atoms with Crippen molar-refractivity contribution in [3.63, 3.8) is 0 Å². The number of ether oxygens (including phenoxy) is 4. The average Bonchev–Trinajstić information content (AvgIpc) is 3.60. The molecule has 2 unspecified atom stereocenters. The molecule has 2 saturated heterocycles. The zero-order valence-corrected chi connectivity index (χ0v) is 24.8. The molecule has 0 bridgehead atoms. The maximum atomic E-state index is 12.0. The molecule has 0 aromatic rings. The van der Waals surface area contributed by atoms with E-state index in [9.17, 15) is 9.90 Å². The van der Waals surface area contributed by atoms with E-state index in [1.54, 1.807) is 0 Å². The Morgan fingerprint density at radius 3 is 2.82 bits per heavy atom. The van der Waals surface area contributed by atoms with Crippen LogP contribution in [-0.2, 0) is 28.6 Å². The smallest absolute Gasteiger partial charge is 0.227 e. The number of allylic oxidation sites excluding steroid dienone is 4. The SMILES string of the molecule is C[C@H]1C[C@H]2[C@@H]3CCC4=C/C(=N/OCCNC(=O)CP)C=C[C@]4(C)[C@@]3(Cl)[C@@H](O)C[C@]2(C)[C@]12OCOC21COCO1. The summed E-state index contributed by atoms with van der Waals surface area (Å²) in [6.07, 6.45) is 8.79. The number of nitrogens with one attached hydrogen (secondary N) is 1. The van der Waals surface area contributed by atoms with E-state index in [0.717, 1.165) is 24.8 Å². The fourth-order valence-electron chi connectivity index (χ4n) is 9.23. The van der Waals surface area contributed by atoms with Gasteiger partial charge in [0.15, 0.2) is 13.6 Å². The van der Waals surface area contributed by atoms with Crippen LogP contribution < -0.4 is 5.32 Å². The van der Waals surface area contributed by atoms with Gasteiger partial charge in [-0.3, -0.25) is 4.79 Å². The van der Waals surface area contributed by atoms with Crippen molar-refractivity contribution < 1.29 is 33.7 Å². The highest BCUT2D eigenvalue weighted by Crippen LogP contribution is 2.74. The van der Waals surface area contributed by atoms with Gasteiger partial charge in [0.1, 0.15) is 24.5 Å². The number of fused-ring (bicyclic) bond motifs is 7.